The van der Waals surface area contributed by atoms with Gasteiger partial charge in [-0.15, -0.1) is 0 Å². The van der Waals surface area contributed by atoms with E-state index < -0.39 is 0 Å². The molecule has 1 fully saturated rings. The van der Waals surface area contributed by atoms with E-state index in [0.29, 0.717) is 11.8 Å². The van der Waals surface area contributed by atoms with Crippen LogP contribution in [-0.4, -0.2) is 19.0 Å². The fourth-order valence-corrected chi connectivity index (χ4v) is 2.49. The number of hydrogen-bond donors (Lipinski definition) is 3. The summed E-state index contributed by atoms with van der Waals surface area (Å²) < 4.78 is 0. The Hall–Kier alpha value is -1.39. The molecule has 1 aliphatic carbocycles. The van der Waals surface area contributed by atoms with Crippen molar-refractivity contribution in [2.75, 3.05) is 18.4 Å². The molecule has 0 unspecified atom stereocenters. The number of nitrogens with one attached hydrogen (secondary N) is 2. The number of benzene rings is 1. The van der Waals surface area contributed by atoms with Crippen molar-refractivity contribution in [2.24, 2.45) is 11.1 Å². The van der Waals surface area contributed by atoms with Gasteiger partial charge in [0.2, 0.25) is 5.91 Å². The monoisotopic (exact) mass is 245 g/mol. The molecule has 0 spiro atoms. The minimum Gasteiger partial charge on any atom is -0.330 e. The first kappa shape index (κ1) is 11.7. The van der Waals surface area contributed by atoms with Crippen LogP contribution in [0.1, 0.15) is 24.0 Å². The number of fused-ring (bicyclic) bond motifs is 1. The van der Waals surface area contributed by atoms with E-state index >= 15 is 0 Å². The van der Waals surface area contributed by atoms with Crippen molar-refractivity contribution in [1.29, 1.82) is 0 Å². The third kappa shape index (κ3) is 2.26. The summed E-state index contributed by atoms with van der Waals surface area (Å²) in [6.07, 6.45) is 3.01. The minimum atomic E-state index is 0.0928. The Morgan fingerprint density at radius 3 is 2.94 bits per heavy atom. The second-order valence-corrected chi connectivity index (χ2v) is 5.52. The fraction of sp³-hybridized carbons (Fsp3) is 0.500. The highest BCUT2D eigenvalue weighted by atomic mass is 16.1. The fourth-order valence-electron chi connectivity index (χ4n) is 2.49. The van der Waals surface area contributed by atoms with Gasteiger partial charge in [-0.3, -0.25) is 4.79 Å². The molecule has 0 bridgehead atoms. The van der Waals surface area contributed by atoms with E-state index in [0.717, 1.165) is 30.9 Å². The second-order valence-electron chi connectivity index (χ2n) is 5.52. The van der Waals surface area contributed by atoms with Crippen LogP contribution in [0.3, 0.4) is 0 Å². The summed E-state index contributed by atoms with van der Waals surface area (Å²) >= 11 is 0. The van der Waals surface area contributed by atoms with Gasteiger partial charge in [-0.1, -0.05) is 12.1 Å². The SMILES string of the molecule is NCC1(CNCc2ccc3c(c2)CC(=O)N3)CC1. The Kier molecular flexibility index (Phi) is 2.84. The zero-order valence-electron chi connectivity index (χ0n) is 10.5. The molecule has 0 radical (unpaired) electrons. The molecule has 1 saturated carbocycles. The quantitative estimate of drug-likeness (QED) is 0.725. The highest BCUT2D eigenvalue weighted by Crippen LogP contribution is 2.43. The molecule has 2 aliphatic rings. The Labute approximate surface area is 107 Å². The van der Waals surface area contributed by atoms with E-state index in [1.54, 1.807) is 0 Å². The van der Waals surface area contributed by atoms with E-state index in [9.17, 15) is 4.79 Å². The van der Waals surface area contributed by atoms with Crippen LogP contribution in [0.15, 0.2) is 18.2 Å². The number of nitrogens with two attached hydrogens (primary N) is 1. The van der Waals surface area contributed by atoms with Crippen molar-refractivity contribution in [3.8, 4) is 0 Å². The molecule has 0 aromatic heterocycles. The van der Waals surface area contributed by atoms with Gasteiger partial charge in [0.15, 0.2) is 0 Å². The van der Waals surface area contributed by atoms with Gasteiger partial charge < -0.3 is 16.4 Å². The van der Waals surface area contributed by atoms with Crippen LogP contribution in [0.4, 0.5) is 5.69 Å². The van der Waals surface area contributed by atoms with Gasteiger partial charge in [-0.2, -0.15) is 0 Å². The van der Waals surface area contributed by atoms with E-state index in [4.69, 9.17) is 5.73 Å². The molecule has 4 heteroatoms. The zero-order chi connectivity index (χ0) is 12.6. The van der Waals surface area contributed by atoms with Gasteiger partial charge in [0, 0.05) is 18.8 Å². The molecule has 1 amide bonds. The summed E-state index contributed by atoms with van der Waals surface area (Å²) in [7, 11) is 0. The number of hydrogen-bond acceptors (Lipinski definition) is 3. The van der Waals surface area contributed by atoms with E-state index in [-0.39, 0.29) is 5.91 Å². The van der Waals surface area contributed by atoms with Crippen molar-refractivity contribution in [1.82, 2.24) is 5.32 Å². The van der Waals surface area contributed by atoms with Crippen molar-refractivity contribution < 1.29 is 4.79 Å². The summed E-state index contributed by atoms with van der Waals surface area (Å²) in [5.41, 5.74) is 9.43. The summed E-state index contributed by atoms with van der Waals surface area (Å²) in [4.78, 5) is 11.3. The van der Waals surface area contributed by atoms with Crippen molar-refractivity contribution in [2.45, 2.75) is 25.8 Å². The maximum atomic E-state index is 11.3. The van der Waals surface area contributed by atoms with E-state index in [1.165, 1.54) is 18.4 Å². The standard InChI is InChI=1S/C14H19N3O/c15-8-14(3-4-14)9-16-7-10-1-2-12-11(5-10)6-13(18)17-12/h1-2,5,16H,3-4,6-9,15H2,(H,17,18). The van der Waals surface area contributed by atoms with Gasteiger partial charge in [0.05, 0.1) is 6.42 Å². The first-order chi connectivity index (χ1) is 8.71. The molecule has 1 aromatic rings. The lowest BCUT2D eigenvalue weighted by molar-refractivity contribution is -0.115. The molecule has 1 aliphatic heterocycles. The average Bonchev–Trinajstić information content (AvgIpc) is 3.04. The lowest BCUT2D eigenvalue weighted by atomic mass is 10.1. The molecule has 3 rings (SSSR count). The minimum absolute atomic E-state index is 0.0928. The van der Waals surface area contributed by atoms with Gasteiger partial charge in [0.1, 0.15) is 0 Å². The van der Waals surface area contributed by atoms with Crippen LogP contribution in [-0.2, 0) is 17.8 Å². The lowest BCUT2D eigenvalue weighted by Gasteiger charge is -2.13. The summed E-state index contributed by atoms with van der Waals surface area (Å²) in [5.74, 6) is 0.0928. The predicted octanol–water partition coefficient (Wildman–Crippen LogP) is 1.01. The largest absolute Gasteiger partial charge is 0.330 e. The zero-order valence-corrected chi connectivity index (χ0v) is 10.5. The number of carbonyl (C=O) groups excluding carboxylic acids is 1. The summed E-state index contributed by atoms with van der Waals surface area (Å²) in [5, 5.41) is 6.32. The summed E-state index contributed by atoms with van der Waals surface area (Å²) in [6.45, 7) is 2.63. The summed E-state index contributed by atoms with van der Waals surface area (Å²) in [6, 6.07) is 6.18. The Morgan fingerprint density at radius 2 is 2.22 bits per heavy atom. The maximum absolute atomic E-state index is 11.3. The smallest absolute Gasteiger partial charge is 0.228 e. The van der Waals surface area contributed by atoms with Gasteiger partial charge in [-0.05, 0) is 42.0 Å². The maximum Gasteiger partial charge on any atom is 0.228 e. The topological polar surface area (TPSA) is 67.1 Å². The number of amides is 1. The van der Waals surface area contributed by atoms with Gasteiger partial charge in [-0.25, -0.2) is 0 Å². The van der Waals surface area contributed by atoms with E-state index in [2.05, 4.69) is 22.8 Å². The first-order valence-corrected chi connectivity index (χ1v) is 6.53. The normalized spacial score (nSPS) is 19.5. The Balaban J connectivity index is 1.57. The van der Waals surface area contributed by atoms with Crippen LogP contribution < -0.4 is 16.4 Å². The van der Waals surface area contributed by atoms with Crippen LogP contribution in [0, 0.1) is 5.41 Å². The molecule has 18 heavy (non-hydrogen) atoms. The van der Waals surface area contributed by atoms with Gasteiger partial charge in [0.25, 0.3) is 0 Å². The molecule has 0 atom stereocenters. The number of anilines is 1. The van der Waals surface area contributed by atoms with Crippen molar-refractivity contribution in [3.05, 3.63) is 29.3 Å². The lowest BCUT2D eigenvalue weighted by Crippen LogP contribution is -2.29. The van der Waals surface area contributed by atoms with Crippen LogP contribution in [0.5, 0.6) is 0 Å². The molecule has 0 saturated heterocycles. The molecular weight excluding hydrogens is 226 g/mol. The Bertz CT molecular complexity index is 480. The number of rotatable bonds is 5. The molecule has 4 N–H and O–H groups in total. The third-order valence-corrected chi connectivity index (χ3v) is 4.01. The van der Waals surface area contributed by atoms with Crippen molar-refractivity contribution >= 4 is 11.6 Å². The van der Waals surface area contributed by atoms with Crippen molar-refractivity contribution in [3.63, 3.8) is 0 Å². The molecular formula is C14H19N3O. The third-order valence-electron chi connectivity index (χ3n) is 4.01. The number of carbonyl (C=O) groups is 1. The van der Waals surface area contributed by atoms with Crippen LogP contribution in [0.25, 0.3) is 0 Å². The first-order valence-electron chi connectivity index (χ1n) is 6.53. The molecule has 4 nitrogen and oxygen atoms in total. The molecule has 1 heterocycles. The highest BCUT2D eigenvalue weighted by Gasteiger charge is 2.40. The molecule has 96 valence electrons. The van der Waals surface area contributed by atoms with Crippen LogP contribution >= 0.6 is 0 Å². The average molecular weight is 245 g/mol. The molecule has 1 aromatic carbocycles. The highest BCUT2D eigenvalue weighted by molar-refractivity contribution is 5.99. The second kappa shape index (κ2) is 4.37. The predicted molar refractivity (Wildman–Crippen MR) is 71.2 cm³/mol. The van der Waals surface area contributed by atoms with Crippen LogP contribution in [0.2, 0.25) is 0 Å². The van der Waals surface area contributed by atoms with E-state index in [1.807, 2.05) is 6.07 Å². The van der Waals surface area contributed by atoms with Gasteiger partial charge >= 0.3 is 0 Å². The Morgan fingerprint density at radius 1 is 1.39 bits per heavy atom.